The standard InChI is InChI=1S/C45H25N5/c46-26-29-13-23-42-39(24-29)37-8-2-4-10-41(37)50(42)43-11-5-6-34(28-48)45(43)33-16-14-31(15-17-33)32-18-20-35(21-19-32)49-40-9-3-1-7-36(40)38-22-12-30(27-47)25-44(38)49/h1-25H. The molecule has 9 rings (SSSR count). The van der Waals surface area contributed by atoms with E-state index in [4.69, 9.17) is 0 Å². The van der Waals surface area contributed by atoms with Crippen LogP contribution in [0.1, 0.15) is 16.7 Å². The number of benzene rings is 7. The number of para-hydroxylation sites is 2. The van der Waals surface area contributed by atoms with E-state index in [1.54, 1.807) is 0 Å². The van der Waals surface area contributed by atoms with Gasteiger partial charge in [0.15, 0.2) is 0 Å². The number of nitriles is 3. The lowest BCUT2D eigenvalue weighted by Crippen LogP contribution is -1.99. The summed E-state index contributed by atoms with van der Waals surface area (Å²) in [6, 6.07) is 57.9. The predicted molar refractivity (Wildman–Crippen MR) is 200 cm³/mol. The summed E-state index contributed by atoms with van der Waals surface area (Å²) in [5.41, 5.74) is 11.8. The van der Waals surface area contributed by atoms with E-state index in [0.717, 1.165) is 77.2 Å². The summed E-state index contributed by atoms with van der Waals surface area (Å²) in [7, 11) is 0. The molecule has 0 spiro atoms. The molecule has 2 aromatic heterocycles. The van der Waals surface area contributed by atoms with Crippen LogP contribution in [0.2, 0.25) is 0 Å². The molecule has 0 unspecified atom stereocenters. The number of hydrogen-bond donors (Lipinski definition) is 0. The molecule has 2 heterocycles. The fourth-order valence-corrected chi connectivity index (χ4v) is 7.38. The Kier molecular flexibility index (Phi) is 6.56. The van der Waals surface area contributed by atoms with Crippen molar-refractivity contribution in [2.45, 2.75) is 0 Å². The quantitative estimate of drug-likeness (QED) is 0.193. The highest BCUT2D eigenvalue weighted by Gasteiger charge is 2.19. The summed E-state index contributed by atoms with van der Waals surface area (Å²) in [5.74, 6) is 0. The molecule has 0 radical (unpaired) electrons. The molecule has 0 amide bonds. The van der Waals surface area contributed by atoms with Crippen molar-refractivity contribution in [2.75, 3.05) is 0 Å². The van der Waals surface area contributed by atoms with Crippen LogP contribution >= 0.6 is 0 Å². The first-order valence-electron chi connectivity index (χ1n) is 16.3. The van der Waals surface area contributed by atoms with Crippen molar-refractivity contribution in [2.24, 2.45) is 0 Å². The average Bonchev–Trinajstić information content (AvgIpc) is 3.69. The number of hydrogen-bond acceptors (Lipinski definition) is 3. The summed E-state index contributed by atoms with van der Waals surface area (Å²) in [5, 5.41) is 33.8. The fraction of sp³-hybridized carbons (Fsp3) is 0. The summed E-state index contributed by atoms with van der Waals surface area (Å²) < 4.78 is 4.41. The van der Waals surface area contributed by atoms with Crippen molar-refractivity contribution in [3.63, 3.8) is 0 Å². The van der Waals surface area contributed by atoms with Gasteiger partial charge in [-0.1, -0.05) is 84.9 Å². The normalized spacial score (nSPS) is 11.1. The zero-order valence-electron chi connectivity index (χ0n) is 26.7. The van der Waals surface area contributed by atoms with E-state index < -0.39 is 0 Å². The number of aromatic nitrogens is 2. The van der Waals surface area contributed by atoms with Crippen molar-refractivity contribution >= 4 is 43.6 Å². The van der Waals surface area contributed by atoms with Crippen LogP contribution in [-0.2, 0) is 0 Å². The molecule has 0 aliphatic rings. The smallest absolute Gasteiger partial charge is 0.0998 e. The lowest BCUT2D eigenvalue weighted by atomic mass is 9.95. The van der Waals surface area contributed by atoms with Crippen LogP contribution in [0.3, 0.4) is 0 Å². The molecule has 7 aromatic carbocycles. The minimum atomic E-state index is 0.588. The van der Waals surface area contributed by atoms with Gasteiger partial charge >= 0.3 is 0 Å². The first-order valence-corrected chi connectivity index (χ1v) is 16.3. The Morgan fingerprint density at radius 1 is 0.380 bits per heavy atom. The van der Waals surface area contributed by atoms with Gasteiger partial charge in [0, 0.05) is 32.8 Å². The van der Waals surface area contributed by atoms with Gasteiger partial charge in [-0.3, -0.25) is 0 Å². The van der Waals surface area contributed by atoms with Crippen molar-refractivity contribution in [3.8, 4) is 51.8 Å². The van der Waals surface area contributed by atoms with Crippen LogP contribution in [0.5, 0.6) is 0 Å². The summed E-state index contributed by atoms with van der Waals surface area (Å²) in [4.78, 5) is 0. The fourth-order valence-electron chi connectivity index (χ4n) is 7.38. The third-order valence-corrected chi connectivity index (χ3v) is 9.64. The van der Waals surface area contributed by atoms with Gasteiger partial charge in [-0.15, -0.1) is 0 Å². The highest BCUT2D eigenvalue weighted by Crippen LogP contribution is 2.39. The molecule has 0 saturated carbocycles. The van der Waals surface area contributed by atoms with Crippen LogP contribution in [0.15, 0.2) is 152 Å². The molecule has 0 aliphatic carbocycles. The molecule has 0 N–H and O–H groups in total. The second-order valence-corrected chi connectivity index (χ2v) is 12.3. The van der Waals surface area contributed by atoms with Crippen molar-refractivity contribution in [3.05, 3.63) is 168 Å². The van der Waals surface area contributed by atoms with Gasteiger partial charge in [0.2, 0.25) is 0 Å². The Hall–Kier alpha value is -7.39. The molecule has 9 aromatic rings. The Morgan fingerprint density at radius 3 is 1.64 bits per heavy atom. The van der Waals surface area contributed by atoms with Crippen molar-refractivity contribution < 1.29 is 0 Å². The maximum Gasteiger partial charge on any atom is 0.0998 e. The van der Waals surface area contributed by atoms with Gasteiger partial charge in [0.25, 0.3) is 0 Å². The number of rotatable bonds is 4. The SMILES string of the molecule is N#Cc1ccc2c(c1)c1ccccc1n2-c1cccc(C#N)c1-c1ccc(-c2ccc(-n3c4ccccc4c4ccc(C#N)cc43)cc2)cc1. The van der Waals surface area contributed by atoms with E-state index in [1.807, 2.05) is 72.8 Å². The van der Waals surface area contributed by atoms with Crippen LogP contribution in [0.4, 0.5) is 0 Å². The van der Waals surface area contributed by atoms with Gasteiger partial charge in [-0.2, -0.15) is 15.8 Å². The second-order valence-electron chi connectivity index (χ2n) is 12.3. The predicted octanol–water partition coefficient (Wildman–Crippen LogP) is 10.8. The van der Waals surface area contributed by atoms with Crippen LogP contribution in [-0.4, -0.2) is 9.13 Å². The van der Waals surface area contributed by atoms with Crippen LogP contribution < -0.4 is 0 Å². The van der Waals surface area contributed by atoms with Crippen LogP contribution in [0.25, 0.3) is 77.2 Å². The molecule has 0 saturated heterocycles. The monoisotopic (exact) mass is 635 g/mol. The van der Waals surface area contributed by atoms with Gasteiger partial charge in [-0.25, -0.2) is 0 Å². The Morgan fingerprint density at radius 2 is 0.940 bits per heavy atom. The molecule has 5 nitrogen and oxygen atoms in total. The molecule has 0 aliphatic heterocycles. The third kappa shape index (κ3) is 4.38. The second kappa shape index (κ2) is 11.4. The van der Waals surface area contributed by atoms with Gasteiger partial charge in [0.1, 0.15) is 0 Å². The molecule has 0 bridgehead atoms. The zero-order chi connectivity index (χ0) is 33.8. The lowest BCUT2D eigenvalue weighted by molar-refractivity contribution is 1.18. The molecule has 230 valence electrons. The van der Waals surface area contributed by atoms with Crippen LogP contribution in [0, 0.1) is 34.0 Å². The number of nitrogens with zero attached hydrogens (tertiary/aromatic N) is 5. The topological polar surface area (TPSA) is 81.2 Å². The third-order valence-electron chi connectivity index (χ3n) is 9.64. The highest BCUT2D eigenvalue weighted by molar-refractivity contribution is 6.11. The maximum absolute atomic E-state index is 10.3. The average molecular weight is 636 g/mol. The minimum absolute atomic E-state index is 0.588. The maximum atomic E-state index is 10.3. The van der Waals surface area contributed by atoms with E-state index in [2.05, 4.69) is 106 Å². The van der Waals surface area contributed by atoms with E-state index >= 15 is 0 Å². The first kappa shape index (κ1) is 28.8. The molecule has 0 fully saturated rings. The van der Waals surface area contributed by atoms with Gasteiger partial charge < -0.3 is 9.13 Å². The van der Waals surface area contributed by atoms with E-state index in [0.29, 0.717) is 16.7 Å². The molecule has 50 heavy (non-hydrogen) atoms. The van der Waals surface area contributed by atoms with Crippen molar-refractivity contribution in [1.82, 2.24) is 9.13 Å². The zero-order valence-corrected chi connectivity index (χ0v) is 26.7. The van der Waals surface area contributed by atoms with E-state index in [1.165, 1.54) is 0 Å². The van der Waals surface area contributed by atoms with Gasteiger partial charge in [0.05, 0.1) is 62.7 Å². The molecular formula is C45H25N5. The summed E-state index contributed by atoms with van der Waals surface area (Å²) in [6.45, 7) is 0. The largest absolute Gasteiger partial charge is 0.309 e. The van der Waals surface area contributed by atoms with E-state index in [-0.39, 0.29) is 0 Å². The number of fused-ring (bicyclic) bond motifs is 6. The minimum Gasteiger partial charge on any atom is -0.309 e. The Labute approximate surface area is 287 Å². The van der Waals surface area contributed by atoms with E-state index in [9.17, 15) is 15.8 Å². The Bertz CT molecular complexity index is 2940. The molecular weight excluding hydrogens is 611 g/mol. The van der Waals surface area contributed by atoms with Gasteiger partial charge in [-0.05, 0) is 83.4 Å². The lowest BCUT2D eigenvalue weighted by Gasteiger charge is -2.16. The molecule has 0 atom stereocenters. The highest BCUT2D eigenvalue weighted by atomic mass is 15.0. The van der Waals surface area contributed by atoms with Crippen molar-refractivity contribution in [1.29, 1.82) is 15.8 Å². The molecule has 5 heteroatoms. The summed E-state index contributed by atoms with van der Waals surface area (Å²) in [6.07, 6.45) is 0. The summed E-state index contributed by atoms with van der Waals surface area (Å²) >= 11 is 0. The first-order chi connectivity index (χ1) is 24.7. The Balaban J connectivity index is 1.13.